The van der Waals surface area contributed by atoms with E-state index in [0.717, 1.165) is 12.8 Å². The minimum absolute atomic E-state index is 0.332. The summed E-state index contributed by atoms with van der Waals surface area (Å²) in [6.45, 7) is 7.50. The number of hydrogen-bond donors (Lipinski definition) is 2. The molecular formula is C10H20N2O4. The van der Waals surface area contributed by atoms with E-state index in [1.54, 1.807) is 20.8 Å². The summed E-state index contributed by atoms with van der Waals surface area (Å²) >= 11 is 0. The highest BCUT2D eigenvalue weighted by Gasteiger charge is 2.16. The van der Waals surface area contributed by atoms with Gasteiger partial charge in [-0.15, -0.1) is 0 Å². The second-order valence-electron chi connectivity index (χ2n) is 4.24. The number of rotatable bonds is 3. The molecule has 0 atom stereocenters. The Morgan fingerprint density at radius 2 is 1.69 bits per heavy atom. The highest BCUT2D eigenvalue weighted by molar-refractivity contribution is 5.73. The van der Waals surface area contributed by atoms with Crippen molar-refractivity contribution >= 4 is 12.2 Å². The molecule has 16 heavy (non-hydrogen) atoms. The molecule has 0 saturated heterocycles. The highest BCUT2D eigenvalue weighted by Crippen LogP contribution is 2.05. The standard InChI is InChI=1S/C10H20N2O4/c1-5-6-7-15-8(13)11-12-9(14)16-10(2,3)4/h5-7H2,1-4H3,(H,11,13)(H,12,14). The lowest BCUT2D eigenvalue weighted by atomic mass is 10.2. The average Bonchev–Trinajstić information content (AvgIpc) is 2.12. The second kappa shape index (κ2) is 6.92. The Morgan fingerprint density at radius 1 is 1.12 bits per heavy atom. The summed E-state index contributed by atoms with van der Waals surface area (Å²) in [5.74, 6) is 0. The Morgan fingerprint density at radius 3 is 2.19 bits per heavy atom. The molecular weight excluding hydrogens is 212 g/mol. The van der Waals surface area contributed by atoms with Gasteiger partial charge in [0.05, 0.1) is 6.61 Å². The lowest BCUT2D eigenvalue weighted by Crippen LogP contribution is -2.44. The Bertz CT molecular complexity index is 235. The van der Waals surface area contributed by atoms with Gasteiger partial charge in [-0.3, -0.25) is 0 Å². The number of ether oxygens (including phenoxy) is 2. The van der Waals surface area contributed by atoms with Crippen LogP contribution < -0.4 is 10.9 Å². The van der Waals surface area contributed by atoms with Crippen LogP contribution in [-0.2, 0) is 9.47 Å². The van der Waals surface area contributed by atoms with Gasteiger partial charge >= 0.3 is 12.2 Å². The van der Waals surface area contributed by atoms with E-state index in [-0.39, 0.29) is 0 Å². The molecule has 0 radical (unpaired) electrons. The first-order valence-corrected chi connectivity index (χ1v) is 5.27. The minimum Gasteiger partial charge on any atom is -0.448 e. The van der Waals surface area contributed by atoms with Gasteiger partial charge in [-0.05, 0) is 27.2 Å². The predicted octanol–water partition coefficient (Wildman–Crippen LogP) is 1.95. The van der Waals surface area contributed by atoms with Crippen LogP contribution in [0, 0.1) is 0 Å². The maximum absolute atomic E-state index is 11.1. The molecule has 6 nitrogen and oxygen atoms in total. The number of hydrogen-bond acceptors (Lipinski definition) is 4. The molecule has 0 heterocycles. The summed E-state index contributed by atoms with van der Waals surface area (Å²) in [5, 5.41) is 0. The van der Waals surface area contributed by atoms with Gasteiger partial charge in [0, 0.05) is 0 Å². The largest absolute Gasteiger partial charge is 0.448 e. The Hall–Kier alpha value is -1.46. The van der Waals surface area contributed by atoms with Crippen molar-refractivity contribution in [2.24, 2.45) is 0 Å². The van der Waals surface area contributed by atoms with Crippen molar-refractivity contribution in [2.45, 2.75) is 46.1 Å². The van der Waals surface area contributed by atoms with Gasteiger partial charge in [0.1, 0.15) is 5.60 Å². The van der Waals surface area contributed by atoms with Crippen molar-refractivity contribution in [1.82, 2.24) is 10.9 Å². The number of carbonyl (C=O) groups is 2. The average molecular weight is 232 g/mol. The number of unbranched alkanes of at least 4 members (excludes halogenated alkanes) is 1. The van der Waals surface area contributed by atoms with Crippen LogP contribution in [-0.4, -0.2) is 24.4 Å². The Balaban J connectivity index is 3.63. The van der Waals surface area contributed by atoms with Crippen LogP contribution in [0.3, 0.4) is 0 Å². The maximum atomic E-state index is 11.1. The SMILES string of the molecule is CCCCOC(=O)NNC(=O)OC(C)(C)C. The van der Waals surface area contributed by atoms with Crippen molar-refractivity contribution in [2.75, 3.05) is 6.61 Å². The van der Waals surface area contributed by atoms with Crippen LogP contribution in [0.5, 0.6) is 0 Å². The first-order valence-electron chi connectivity index (χ1n) is 5.27. The van der Waals surface area contributed by atoms with E-state index >= 15 is 0 Å². The highest BCUT2D eigenvalue weighted by atomic mass is 16.6. The summed E-state index contributed by atoms with van der Waals surface area (Å²) in [5.41, 5.74) is 3.56. The fraction of sp³-hybridized carbons (Fsp3) is 0.800. The molecule has 0 aliphatic heterocycles. The van der Waals surface area contributed by atoms with Gasteiger partial charge in [0.2, 0.25) is 0 Å². The zero-order valence-electron chi connectivity index (χ0n) is 10.3. The molecule has 0 aliphatic carbocycles. The maximum Gasteiger partial charge on any atom is 0.426 e. The van der Waals surface area contributed by atoms with Crippen LogP contribution in [0.25, 0.3) is 0 Å². The molecule has 0 unspecified atom stereocenters. The van der Waals surface area contributed by atoms with E-state index in [1.807, 2.05) is 6.92 Å². The van der Waals surface area contributed by atoms with Crippen molar-refractivity contribution in [3.63, 3.8) is 0 Å². The second-order valence-corrected chi connectivity index (χ2v) is 4.24. The smallest absolute Gasteiger partial charge is 0.426 e. The van der Waals surface area contributed by atoms with Crippen LogP contribution in [0.15, 0.2) is 0 Å². The molecule has 0 bridgehead atoms. The zero-order chi connectivity index (χ0) is 12.6. The van der Waals surface area contributed by atoms with E-state index in [0.29, 0.717) is 6.61 Å². The van der Waals surface area contributed by atoms with Crippen LogP contribution in [0.1, 0.15) is 40.5 Å². The number of amides is 2. The molecule has 0 saturated carbocycles. The molecule has 6 heteroatoms. The van der Waals surface area contributed by atoms with E-state index in [1.165, 1.54) is 0 Å². The van der Waals surface area contributed by atoms with Gasteiger partial charge in [-0.25, -0.2) is 20.4 Å². The third-order valence-electron chi connectivity index (χ3n) is 1.40. The first-order chi connectivity index (χ1) is 7.35. The van der Waals surface area contributed by atoms with E-state index in [9.17, 15) is 9.59 Å². The zero-order valence-corrected chi connectivity index (χ0v) is 10.3. The molecule has 0 spiro atoms. The topological polar surface area (TPSA) is 76.7 Å². The molecule has 2 amide bonds. The van der Waals surface area contributed by atoms with Gasteiger partial charge in [0.25, 0.3) is 0 Å². The monoisotopic (exact) mass is 232 g/mol. The number of nitrogens with one attached hydrogen (secondary N) is 2. The molecule has 0 fully saturated rings. The van der Waals surface area contributed by atoms with Crippen LogP contribution in [0.2, 0.25) is 0 Å². The molecule has 0 aromatic rings. The normalized spacial score (nSPS) is 10.5. The Kier molecular flexibility index (Phi) is 6.29. The Labute approximate surface area is 95.6 Å². The summed E-state index contributed by atoms with van der Waals surface area (Å²) in [4.78, 5) is 22.1. The lowest BCUT2D eigenvalue weighted by Gasteiger charge is -2.19. The lowest BCUT2D eigenvalue weighted by molar-refractivity contribution is 0.0485. The predicted molar refractivity (Wildman–Crippen MR) is 58.8 cm³/mol. The van der Waals surface area contributed by atoms with E-state index < -0.39 is 17.8 Å². The van der Waals surface area contributed by atoms with Crippen molar-refractivity contribution in [1.29, 1.82) is 0 Å². The first kappa shape index (κ1) is 14.5. The van der Waals surface area contributed by atoms with Crippen molar-refractivity contribution in [3.8, 4) is 0 Å². The molecule has 94 valence electrons. The molecule has 0 aromatic carbocycles. The van der Waals surface area contributed by atoms with Gasteiger partial charge in [0.15, 0.2) is 0 Å². The molecule has 0 aliphatic rings. The van der Waals surface area contributed by atoms with Crippen LogP contribution >= 0.6 is 0 Å². The summed E-state index contributed by atoms with van der Waals surface area (Å²) in [6, 6.07) is 0. The number of hydrazine groups is 1. The third kappa shape index (κ3) is 9.11. The minimum atomic E-state index is -0.722. The fourth-order valence-electron chi connectivity index (χ4n) is 0.751. The fourth-order valence-corrected chi connectivity index (χ4v) is 0.751. The van der Waals surface area contributed by atoms with Gasteiger partial charge < -0.3 is 9.47 Å². The van der Waals surface area contributed by atoms with E-state index in [2.05, 4.69) is 10.9 Å². The summed E-state index contributed by atoms with van der Waals surface area (Å²) in [7, 11) is 0. The summed E-state index contributed by atoms with van der Waals surface area (Å²) in [6.07, 6.45) is 0.311. The molecule has 2 N–H and O–H groups in total. The molecule has 0 rings (SSSR count). The third-order valence-corrected chi connectivity index (χ3v) is 1.40. The molecule has 0 aromatic heterocycles. The van der Waals surface area contributed by atoms with E-state index in [4.69, 9.17) is 9.47 Å². The van der Waals surface area contributed by atoms with Crippen molar-refractivity contribution < 1.29 is 19.1 Å². The quantitative estimate of drug-likeness (QED) is 0.576. The van der Waals surface area contributed by atoms with Crippen LogP contribution in [0.4, 0.5) is 9.59 Å². The number of carbonyl (C=O) groups excluding carboxylic acids is 2. The summed E-state index contributed by atoms with van der Waals surface area (Å²) < 4.78 is 9.64. The van der Waals surface area contributed by atoms with Gasteiger partial charge in [-0.2, -0.15) is 0 Å². The van der Waals surface area contributed by atoms with Crippen molar-refractivity contribution in [3.05, 3.63) is 0 Å². The van der Waals surface area contributed by atoms with Gasteiger partial charge in [-0.1, -0.05) is 13.3 Å².